The highest BCUT2D eigenvalue weighted by molar-refractivity contribution is 5.62. The maximum absolute atomic E-state index is 5.93. The Morgan fingerprint density at radius 3 is 2.50 bits per heavy atom. The minimum absolute atomic E-state index is 0.649. The zero-order valence-electron chi connectivity index (χ0n) is 12.9. The molecule has 1 aliphatic heterocycles. The number of hydrogen-bond acceptors (Lipinski definition) is 4. The Morgan fingerprint density at radius 2 is 1.90 bits per heavy atom. The third kappa shape index (κ3) is 3.79. The van der Waals surface area contributed by atoms with Gasteiger partial charge in [-0.25, -0.2) is 0 Å². The molecule has 0 amide bonds. The van der Waals surface area contributed by atoms with Crippen LogP contribution >= 0.6 is 0 Å². The van der Waals surface area contributed by atoms with Gasteiger partial charge in [-0.3, -0.25) is 4.90 Å². The van der Waals surface area contributed by atoms with Gasteiger partial charge in [-0.15, -0.1) is 0 Å². The summed E-state index contributed by atoms with van der Waals surface area (Å²) in [6.07, 6.45) is 0. The van der Waals surface area contributed by atoms with E-state index in [1.165, 1.54) is 12.2 Å². The SMILES string of the molecule is CCOc1cc(N2CCN(CC(C)C)CC2)ccc1N. The van der Waals surface area contributed by atoms with Crippen LogP contribution in [0.1, 0.15) is 20.8 Å². The number of ether oxygens (including phenoxy) is 1. The van der Waals surface area contributed by atoms with E-state index in [0.29, 0.717) is 12.3 Å². The molecule has 0 spiro atoms. The molecule has 0 bridgehead atoms. The van der Waals surface area contributed by atoms with Gasteiger partial charge in [0.05, 0.1) is 12.3 Å². The normalized spacial score (nSPS) is 16.7. The zero-order chi connectivity index (χ0) is 14.5. The summed E-state index contributed by atoms with van der Waals surface area (Å²) in [4.78, 5) is 4.96. The molecule has 0 unspecified atom stereocenters. The van der Waals surface area contributed by atoms with Gasteiger partial charge in [0.15, 0.2) is 0 Å². The van der Waals surface area contributed by atoms with Crippen molar-refractivity contribution in [1.82, 2.24) is 4.90 Å². The van der Waals surface area contributed by atoms with Gasteiger partial charge in [0.25, 0.3) is 0 Å². The number of rotatable bonds is 5. The van der Waals surface area contributed by atoms with Gasteiger partial charge in [0, 0.05) is 44.5 Å². The minimum atomic E-state index is 0.649. The Bertz CT molecular complexity index is 426. The number of nitrogens with zero attached hydrogens (tertiary/aromatic N) is 2. The monoisotopic (exact) mass is 277 g/mol. The molecule has 1 saturated heterocycles. The number of nitrogens with two attached hydrogens (primary N) is 1. The number of benzene rings is 1. The molecule has 0 saturated carbocycles. The molecule has 1 heterocycles. The van der Waals surface area contributed by atoms with Gasteiger partial charge < -0.3 is 15.4 Å². The molecule has 0 aliphatic carbocycles. The molecule has 4 heteroatoms. The first-order valence-electron chi connectivity index (χ1n) is 7.59. The van der Waals surface area contributed by atoms with Gasteiger partial charge in [-0.1, -0.05) is 13.8 Å². The van der Waals surface area contributed by atoms with E-state index in [9.17, 15) is 0 Å². The van der Waals surface area contributed by atoms with E-state index < -0.39 is 0 Å². The Balaban J connectivity index is 1.98. The van der Waals surface area contributed by atoms with E-state index >= 15 is 0 Å². The summed E-state index contributed by atoms with van der Waals surface area (Å²) in [5.74, 6) is 1.54. The summed E-state index contributed by atoms with van der Waals surface area (Å²) in [6.45, 7) is 12.8. The van der Waals surface area contributed by atoms with Crippen LogP contribution in [0.4, 0.5) is 11.4 Å². The summed E-state index contributed by atoms with van der Waals surface area (Å²) in [6, 6.07) is 6.10. The molecular weight excluding hydrogens is 250 g/mol. The third-order valence-corrected chi connectivity index (χ3v) is 3.66. The molecular formula is C16H27N3O. The standard InChI is InChI=1S/C16H27N3O/c1-4-20-16-11-14(5-6-15(16)17)19-9-7-18(8-10-19)12-13(2)3/h5-6,11,13H,4,7-10,12,17H2,1-3H3. The number of piperazine rings is 1. The summed E-state index contributed by atoms with van der Waals surface area (Å²) in [5.41, 5.74) is 7.86. The fourth-order valence-corrected chi connectivity index (χ4v) is 2.71. The lowest BCUT2D eigenvalue weighted by atomic mass is 10.1. The van der Waals surface area contributed by atoms with Crippen molar-refractivity contribution in [3.63, 3.8) is 0 Å². The van der Waals surface area contributed by atoms with Crippen molar-refractivity contribution in [2.24, 2.45) is 5.92 Å². The minimum Gasteiger partial charge on any atom is -0.492 e. The summed E-state index contributed by atoms with van der Waals surface area (Å²) in [5, 5.41) is 0. The number of nitrogen functional groups attached to an aromatic ring is 1. The van der Waals surface area contributed by atoms with Crippen molar-refractivity contribution < 1.29 is 4.74 Å². The van der Waals surface area contributed by atoms with Crippen molar-refractivity contribution >= 4 is 11.4 Å². The van der Waals surface area contributed by atoms with Gasteiger partial charge in [-0.2, -0.15) is 0 Å². The van der Waals surface area contributed by atoms with E-state index in [-0.39, 0.29) is 0 Å². The fourth-order valence-electron chi connectivity index (χ4n) is 2.71. The second kappa shape index (κ2) is 6.84. The second-order valence-corrected chi connectivity index (χ2v) is 5.84. The van der Waals surface area contributed by atoms with Gasteiger partial charge in [-0.05, 0) is 25.0 Å². The average molecular weight is 277 g/mol. The molecule has 0 radical (unpaired) electrons. The van der Waals surface area contributed by atoms with E-state index in [1.54, 1.807) is 0 Å². The van der Waals surface area contributed by atoms with Gasteiger partial charge >= 0.3 is 0 Å². The highest BCUT2D eigenvalue weighted by Crippen LogP contribution is 2.28. The maximum atomic E-state index is 5.93. The van der Waals surface area contributed by atoms with Crippen molar-refractivity contribution in [2.45, 2.75) is 20.8 Å². The molecule has 0 aromatic heterocycles. The van der Waals surface area contributed by atoms with Crippen LogP contribution in [0.15, 0.2) is 18.2 Å². The number of hydrogen-bond donors (Lipinski definition) is 1. The van der Waals surface area contributed by atoms with Gasteiger partial charge in [0.2, 0.25) is 0 Å². The Morgan fingerprint density at radius 1 is 1.20 bits per heavy atom. The van der Waals surface area contributed by atoms with Crippen LogP contribution in [0.5, 0.6) is 5.75 Å². The van der Waals surface area contributed by atoms with Crippen LogP contribution in [0, 0.1) is 5.92 Å². The summed E-state index contributed by atoms with van der Waals surface area (Å²) < 4.78 is 5.58. The van der Waals surface area contributed by atoms with E-state index in [4.69, 9.17) is 10.5 Å². The quantitative estimate of drug-likeness (QED) is 0.839. The number of anilines is 2. The van der Waals surface area contributed by atoms with Crippen LogP contribution in [-0.4, -0.2) is 44.2 Å². The van der Waals surface area contributed by atoms with Crippen LogP contribution in [0.3, 0.4) is 0 Å². The van der Waals surface area contributed by atoms with E-state index in [0.717, 1.165) is 37.8 Å². The van der Waals surface area contributed by atoms with Gasteiger partial charge in [0.1, 0.15) is 5.75 Å². The highest BCUT2D eigenvalue weighted by atomic mass is 16.5. The van der Waals surface area contributed by atoms with Crippen LogP contribution < -0.4 is 15.4 Å². The average Bonchev–Trinajstić information content (AvgIpc) is 2.42. The molecule has 1 fully saturated rings. The zero-order valence-corrected chi connectivity index (χ0v) is 12.9. The third-order valence-electron chi connectivity index (χ3n) is 3.66. The van der Waals surface area contributed by atoms with Crippen LogP contribution in [0.2, 0.25) is 0 Å². The maximum Gasteiger partial charge on any atom is 0.144 e. The largest absolute Gasteiger partial charge is 0.492 e. The molecule has 4 nitrogen and oxygen atoms in total. The molecule has 1 aliphatic rings. The van der Waals surface area contributed by atoms with Crippen LogP contribution in [-0.2, 0) is 0 Å². The Hall–Kier alpha value is -1.42. The second-order valence-electron chi connectivity index (χ2n) is 5.84. The Labute approximate surface area is 122 Å². The van der Waals surface area contributed by atoms with Crippen LogP contribution in [0.25, 0.3) is 0 Å². The predicted molar refractivity (Wildman–Crippen MR) is 85.5 cm³/mol. The topological polar surface area (TPSA) is 41.7 Å². The lowest BCUT2D eigenvalue weighted by molar-refractivity contribution is 0.231. The van der Waals surface area contributed by atoms with Crippen molar-refractivity contribution in [3.8, 4) is 5.75 Å². The molecule has 1 aromatic carbocycles. The smallest absolute Gasteiger partial charge is 0.144 e. The summed E-state index contributed by atoms with van der Waals surface area (Å²) >= 11 is 0. The first kappa shape index (κ1) is 15.0. The lowest BCUT2D eigenvalue weighted by Crippen LogP contribution is -2.47. The summed E-state index contributed by atoms with van der Waals surface area (Å²) in [7, 11) is 0. The first-order chi connectivity index (χ1) is 9.60. The predicted octanol–water partition coefficient (Wildman–Crippen LogP) is 2.45. The van der Waals surface area contributed by atoms with E-state index in [2.05, 4.69) is 35.8 Å². The fraction of sp³-hybridized carbons (Fsp3) is 0.625. The molecule has 112 valence electrons. The van der Waals surface area contributed by atoms with Crippen molar-refractivity contribution in [2.75, 3.05) is 50.0 Å². The lowest BCUT2D eigenvalue weighted by Gasteiger charge is -2.37. The molecule has 0 atom stereocenters. The Kier molecular flexibility index (Phi) is 5.12. The molecule has 2 rings (SSSR count). The first-order valence-corrected chi connectivity index (χ1v) is 7.59. The molecule has 2 N–H and O–H groups in total. The highest BCUT2D eigenvalue weighted by Gasteiger charge is 2.18. The van der Waals surface area contributed by atoms with Crippen molar-refractivity contribution in [1.29, 1.82) is 0 Å². The van der Waals surface area contributed by atoms with Crippen molar-refractivity contribution in [3.05, 3.63) is 18.2 Å². The van der Waals surface area contributed by atoms with E-state index in [1.807, 2.05) is 13.0 Å². The molecule has 1 aromatic rings. The molecule has 20 heavy (non-hydrogen) atoms.